The van der Waals surface area contributed by atoms with Gasteiger partial charge in [-0.05, 0) is 43.4 Å². The topological polar surface area (TPSA) is 74.8 Å². The second kappa shape index (κ2) is 11.1. The van der Waals surface area contributed by atoms with Crippen molar-refractivity contribution in [3.8, 4) is 5.75 Å². The predicted octanol–water partition coefficient (Wildman–Crippen LogP) is 2.96. The molecule has 0 atom stereocenters. The third-order valence-corrected chi connectivity index (χ3v) is 4.78. The highest BCUT2D eigenvalue weighted by molar-refractivity contribution is 5.94. The summed E-state index contributed by atoms with van der Waals surface area (Å²) in [6, 6.07) is 17.4. The molecule has 1 saturated carbocycles. The summed E-state index contributed by atoms with van der Waals surface area (Å²) >= 11 is 0. The molecule has 1 aliphatic carbocycles. The number of benzene rings is 2. The first kappa shape index (κ1) is 20.7. The van der Waals surface area contributed by atoms with E-state index < -0.39 is 0 Å². The van der Waals surface area contributed by atoms with Gasteiger partial charge in [0.25, 0.3) is 5.91 Å². The van der Waals surface area contributed by atoms with Crippen molar-refractivity contribution in [3.63, 3.8) is 0 Å². The second-order valence-corrected chi connectivity index (χ2v) is 7.19. The zero-order chi connectivity index (χ0) is 20.3. The van der Waals surface area contributed by atoms with E-state index in [1.54, 1.807) is 7.05 Å². The van der Waals surface area contributed by atoms with Gasteiger partial charge in [-0.1, -0.05) is 36.4 Å². The second-order valence-electron chi connectivity index (χ2n) is 7.19. The van der Waals surface area contributed by atoms with Crippen LogP contribution in [0.15, 0.2) is 59.6 Å². The SMILES string of the molecule is CN=C(NCCCNC(=O)c1ccccc1)NCc1ccccc1OCC1CC1. The van der Waals surface area contributed by atoms with E-state index in [2.05, 4.69) is 27.0 Å². The zero-order valence-electron chi connectivity index (χ0n) is 17.0. The normalized spacial score (nSPS) is 13.6. The van der Waals surface area contributed by atoms with Crippen LogP contribution in [0.2, 0.25) is 0 Å². The number of hydrogen-bond acceptors (Lipinski definition) is 3. The molecule has 2 aromatic rings. The zero-order valence-corrected chi connectivity index (χ0v) is 17.0. The highest BCUT2D eigenvalue weighted by atomic mass is 16.5. The van der Waals surface area contributed by atoms with Gasteiger partial charge < -0.3 is 20.7 Å². The molecule has 29 heavy (non-hydrogen) atoms. The van der Waals surface area contributed by atoms with Crippen LogP contribution in [0.25, 0.3) is 0 Å². The number of rotatable bonds is 10. The molecule has 0 heterocycles. The van der Waals surface area contributed by atoms with Crippen LogP contribution < -0.4 is 20.7 Å². The van der Waals surface area contributed by atoms with Crippen LogP contribution in [0.3, 0.4) is 0 Å². The highest BCUT2D eigenvalue weighted by Crippen LogP contribution is 2.30. The summed E-state index contributed by atoms with van der Waals surface area (Å²) < 4.78 is 5.96. The minimum absolute atomic E-state index is 0.0455. The van der Waals surface area contributed by atoms with Crippen LogP contribution >= 0.6 is 0 Å². The van der Waals surface area contributed by atoms with E-state index in [0.29, 0.717) is 25.2 Å². The van der Waals surface area contributed by atoms with E-state index >= 15 is 0 Å². The van der Waals surface area contributed by atoms with Crippen LogP contribution in [0.5, 0.6) is 5.75 Å². The summed E-state index contributed by atoms with van der Waals surface area (Å²) in [6.07, 6.45) is 3.37. The van der Waals surface area contributed by atoms with Crippen molar-refractivity contribution in [1.82, 2.24) is 16.0 Å². The number of carbonyl (C=O) groups is 1. The van der Waals surface area contributed by atoms with Crippen molar-refractivity contribution in [2.75, 3.05) is 26.7 Å². The molecule has 6 nitrogen and oxygen atoms in total. The molecule has 1 amide bonds. The maximum atomic E-state index is 12.0. The van der Waals surface area contributed by atoms with Gasteiger partial charge in [0.1, 0.15) is 5.75 Å². The van der Waals surface area contributed by atoms with E-state index in [4.69, 9.17) is 4.74 Å². The number of nitrogens with zero attached hydrogens (tertiary/aromatic N) is 1. The Morgan fingerprint density at radius 1 is 1.00 bits per heavy atom. The van der Waals surface area contributed by atoms with Gasteiger partial charge in [-0.3, -0.25) is 9.79 Å². The highest BCUT2D eigenvalue weighted by Gasteiger charge is 2.22. The van der Waals surface area contributed by atoms with Crippen molar-refractivity contribution in [2.45, 2.75) is 25.8 Å². The summed E-state index contributed by atoms with van der Waals surface area (Å²) in [5.74, 6) is 2.35. The Bertz CT molecular complexity index is 804. The fraction of sp³-hybridized carbons (Fsp3) is 0.391. The molecule has 0 saturated heterocycles. The van der Waals surface area contributed by atoms with Gasteiger partial charge in [-0.2, -0.15) is 0 Å². The molecular weight excluding hydrogens is 364 g/mol. The molecular formula is C23H30N4O2. The lowest BCUT2D eigenvalue weighted by molar-refractivity contribution is 0.0953. The first-order valence-corrected chi connectivity index (χ1v) is 10.2. The summed E-state index contributed by atoms with van der Waals surface area (Å²) in [5.41, 5.74) is 1.80. The molecule has 0 bridgehead atoms. The van der Waals surface area contributed by atoms with Crippen LogP contribution in [-0.4, -0.2) is 38.6 Å². The molecule has 1 aliphatic rings. The van der Waals surface area contributed by atoms with Crippen LogP contribution in [0, 0.1) is 5.92 Å². The van der Waals surface area contributed by atoms with Crippen molar-refractivity contribution < 1.29 is 9.53 Å². The lowest BCUT2D eigenvalue weighted by atomic mass is 10.2. The van der Waals surface area contributed by atoms with E-state index in [1.807, 2.05) is 48.5 Å². The lowest BCUT2D eigenvalue weighted by Crippen LogP contribution is -2.38. The smallest absolute Gasteiger partial charge is 0.251 e. The Balaban J connectivity index is 1.35. The molecule has 6 heteroatoms. The van der Waals surface area contributed by atoms with Crippen LogP contribution in [0.4, 0.5) is 0 Å². The molecule has 2 aromatic carbocycles. The van der Waals surface area contributed by atoms with Gasteiger partial charge in [0, 0.05) is 37.8 Å². The van der Waals surface area contributed by atoms with E-state index in [0.717, 1.165) is 36.2 Å². The standard InChI is InChI=1S/C23H30N4O2/c1-24-23(26-15-7-14-25-22(28)19-8-3-2-4-9-19)27-16-20-10-5-6-11-21(20)29-17-18-12-13-18/h2-6,8-11,18H,7,12-17H2,1H3,(H,25,28)(H2,24,26,27). The van der Waals surface area contributed by atoms with E-state index in [-0.39, 0.29) is 5.91 Å². The Kier molecular flexibility index (Phi) is 7.92. The van der Waals surface area contributed by atoms with Crippen LogP contribution in [-0.2, 0) is 6.54 Å². The largest absolute Gasteiger partial charge is 0.493 e. The van der Waals surface area contributed by atoms with Gasteiger partial charge >= 0.3 is 0 Å². The minimum Gasteiger partial charge on any atom is -0.493 e. The molecule has 0 aromatic heterocycles. The van der Waals surface area contributed by atoms with E-state index in [9.17, 15) is 4.79 Å². The summed E-state index contributed by atoms with van der Waals surface area (Å²) in [5, 5.41) is 9.53. The summed E-state index contributed by atoms with van der Waals surface area (Å²) in [4.78, 5) is 16.3. The van der Waals surface area contributed by atoms with Gasteiger partial charge in [0.2, 0.25) is 0 Å². The Hall–Kier alpha value is -3.02. The number of para-hydroxylation sites is 1. The predicted molar refractivity (Wildman–Crippen MR) is 116 cm³/mol. The number of nitrogens with one attached hydrogen (secondary N) is 3. The van der Waals surface area contributed by atoms with Crippen molar-refractivity contribution in [3.05, 3.63) is 65.7 Å². The third-order valence-electron chi connectivity index (χ3n) is 4.78. The Labute approximate surface area is 172 Å². The molecule has 0 spiro atoms. The van der Waals surface area contributed by atoms with Gasteiger partial charge in [0.05, 0.1) is 6.61 Å². The number of carbonyl (C=O) groups excluding carboxylic acids is 1. The molecule has 0 radical (unpaired) electrons. The summed E-state index contributed by atoms with van der Waals surface area (Å²) in [6.45, 7) is 2.77. The van der Waals surface area contributed by atoms with Gasteiger partial charge in [-0.25, -0.2) is 0 Å². The fourth-order valence-electron chi connectivity index (χ4n) is 2.87. The molecule has 154 valence electrons. The number of aliphatic imine (C=N–C) groups is 1. The van der Waals surface area contributed by atoms with Crippen molar-refractivity contribution in [2.24, 2.45) is 10.9 Å². The molecule has 1 fully saturated rings. The third kappa shape index (κ3) is 7.14. The van der Waals surface area contributed by atoms with E-state index in [1.165, 1.54) is 12.8 Å². The number of ether oxygens (including phenoxy) is 1. The molecule has 3 rings (SSSR count). The minimum atomic E-state index is -0.0455. The van der Waals surface area contributed by atoms with Gasteiger partial charge in [0.15, 0.2) is 5.96 Å². The quantitative estimate of drug-likeness (QED) is 0.329. The lowest BCUT2D eigenvalue weighted by Gasteiger charge is -2.15. The summed E-state index contributed by atoms with van der Waals surface area (Å²) in [7, 11) is 1.75. The first-order chi connectivity index (χ1) is 14.3. The van der Waals surface area contributed by atoms with Crippen molar-refractivity contribution >= 4 is 11.9 Å². The average Bonchev–Trinajstić information content (AvgIpc) is 3.60. The maximum absolute atomic E-state index is 12.0. The number of hydrogen-bond donors (Lipinski definition) is 3. The maximum Gasteiger partial charge on any atom is 0.251 e. The van der Waals surface area contributed by atoms with Crippen molar-refractivity contribution in [1.29, 1.82) is 0 Å². The molecule has 0 aliphatic heterocycles. The fourth-order valence-corrected chi connectivity index (χ4v) is 2.87. The Morgan fingerprint density at radius 3 is 2.48 bits per heavy atom. The number of guanidine groups is 1. The van der Waals surface area contributed by atoms with Crippen LogP contribution in [0.1, 0.15) is 35.2 Å². The molecule has 3 N–H and O–H groups in total. The Morgan fingerprint density at radius 2 is 1.72 bits per heavy atom. The monoisotopic (exact) mass is 394 g/mol. The molecule has 0 unspecified atom stereocenters. The first-order valence-electron chi connectivity index (χ1n) is 10.2. The average molecular weight is 395 g/mol. The number of amides is 1. The van der Waals surface area contributed by atoms with Gasteiger partial charge in [-0.15, -0.1) is 0 Å².